The molecule has 0 aliphatic rings. The van der Waals surface area contributed by atoms with E-state index in [1.165, 1.54) is 0 Å². The summed E-state index contributed by atoms with van der Waals surface area (Å²) < 4.78 is 0.975. The number of hydrogen-bond donors (Lipinski definition) is 2. The zero-order valence-corrected chi connectivity index (χ0v) is 12.2. The molecule has 0 saturated carbocycles. The third-order valence-electron chi connectivity index (χ3n) is 2.54. The second-order valence-corrected chi connectivity index (χ2v) is 4.98. The van der Waals surface area contributed by atoms with Gasteiger partial charge < -0.3 is 15.7 Å². The lowest BCUT2D eigenvalue weighted by Crippen LogP contribution is -2.25. The Hall–Kier alpha value is -0.650. The van der Waals surface area contributed by atoms with Gasteiger partial charge in [-0.2, -0.15) is 0 Å². The van der Waals surface area contributed by atoms with Gasteiger partial charge in [0.15, 0.2) is 0 Å². The quantitative estimate of drug-likeness (QED) is 0.791. The van der Waals surface area contributed by atoms with Gasteiger partial charge in [0.25, 0.3) is 0 Å². The van der Waals surface area contributed by atoms with Gasteiger partial charge in [-0.15, -0.1) is 0 Å². The average molecular weight is 317 g/mol. The largest absolute Gasteiger partial charge is 0.396 e. The predicted octanol–water partition coefficient (Wildman–Crippen LogP) is 2.29. The SMILES string of the molecule is CCN(CCCO)c1ccc(C(N)=S)cc1Br. The maximum atomic E-state index is 8.87. The van der Waals surface area contributed by atoms with Crippen molar-refractivity contribution in [1.82, 2.24) is 0 Å². The molecule has 1 aromatic rings. The summed E-state index contributed by atoms with van der Waals surface area (Å²) in [5.74, 6) is 0. The summed E-state index contributed by atoms with van der Waals surface area (Å²) in [6, 6.07) is 5.85. The number of aliphatic hydroxyl groups is 1. The van der Waals surface area contributed by atoms with Gasteiger partial charge in [-0.1, -0.05) is 12.2 Å². The Labute approximate surface area is 116 Å². The number of halogens is 1. The van der Waals surface area contributed by atoms with E-state index in [1.54, 1.807) is 0 Å². The van der Waals surface area contributed by atoms with E-state index in [2.05, 4.69) is 27.8 Å². The molecular formula is C12H17BrN2OS. The van der Waals surface area contributed by atoms with E-state index in [1.807, 2.05) is 18.2 Å². The molecule has 1 aromatic carbocycles. The summed E-state index contributed by atoms with van der Waals surface area (Å²) >= 11 is 8.47. The maximum absolute atomic E-state index is 8.87. The fourth-order valence-corrected chi connectivity index (χ4v) is 2.38. The Morgan fingerprint density at radius 3 is 2.71 bits per heavy atom. The van der Waals surface area contributed by atoms with Crippen LogP contribution in [0.15, 0.2) is 22.7 Å². The Balaban J connectivity index is 2.92. The second-order valence-electron chi connectivity index (χ2n) is 3.69. The van der Waals surface area contributed by atoms with E-state index >= 15 is 0 Å². The first kappa shape index (κ1) is 14.4. The monoisotopic (exact) mass is 316 g/mol. The highest BCUT2D eigenvalue weighted by Crippen LogP contribution is 2.27. The number of anilines is 1. The van der Waals surface area contributed by atoms with Crippen molar-refractivity contribution in [3.05, 3.63) is 28.2 Å². The van der Waals surface area contributed by atoms with Crippen molar-refractivity contribution in [2.24, 2.45) is 5.73 Å². The van der Waals surface area contributed by atoms with Crippen LogP contribution in [0.4, 0.5) is 5.69 Å². The molecule has 0 atom stereocenters. The molecule has 94 valence electrons. The van der Waals surface area contributed by atoms with Gasteiger partial charge >= 0.3 is 0 Å². The molecule has 0 bridgehead atoms. The molecule has 0 amide bonds. The van der Waals surface area contributed by atoms with Crippen molar-refractivity contribution in [2.45, 2.75) is 13.3 Å². The number of nitrogens with two attached hydrogens (primary N) is 1. The molecule has 0 radical (unpaired) electrons. The third-order valence-corrected chi connectivity index (χ3v) is 3.41. The lowest BCUT2D eigenvalue weighted by atomic mass is 10.2. The molecular weight excluding hydrogens is 300 g/mol. The van der Waals surface area contributed by atoms with E-state index in [0.29, 0.717) is 4.99 Å². The van der Waals surface area contributed by atoms with Gasteiger partial charge in [-0.3, -0.25) is 0 Å². The highest BCUT2D eigenvalue weighted by molar-refractivity contribution is 9.10. The Kier molecular flexibility index (Phi) is 5.88. The standard InChI is InChI=1S/C12H17BrN2OS/c1-2-15(6-3-7-16)11-5-4-9(12(14)17)8-10(11)13/h4-5,8,16H,2-3,6-7H2,1H3,(H2,14,17). The number of thiocarbonyl (C=S) groups is 1. The second kappa shape index (κ2) is 6.93. The molecule has 0 aromatic heterocycles. The first-order valence-corrected chi connectivity index (χ1v) is 6.75. The summed E-state index contributed by atoms with van der Waals surface area (Å²) in [5.41, 5.74) is 7.54. The number of rotatable bonds is 6. The zero-order chi connectivity index (χ0) is 12.8. The molecule has 0 heterocycles. The van der Waals surface area contributed by atoms with Crippen molar-refractivity contribution < 1.29 is 5.11 Å². The van der Waals surface area contributed by atoms with Crippen LogP contribution in [0.2, 0.25) is 0 Å². The first-order valence-electron chi connectivity index (χ1n) is 5.55. The number of benzene rings is 1. The van der Waals surface area contributed by atoms with Gasteiger partial charge in [0, 0.05) is 29.7 Å². The molecule has 0 saturated heterocycles. The van der Waals surface area contributed by atoms with Crippen molar-refractivity contribution >= 4 is 38.8 Å². The van der Waals surface area contributed by atoms with E-state index < -0.39 is 0 Å². The highest BCUT2D eigenvalue weighted by Gasteiger charge is 2.09. The van der Waals surface area contributed by atoms with Gasteiger partial charge in [-0.25, -0.2) is 0 Å². The fraction of sp³-hybridized carbons (Fsp3) is 0.417. The van der Waals surface area contributed by atoms with Gasteiger partial charge in [0.1, 0.15) is 4.99 Å². The van der Waals surface area contributed by atoms with Crippen LogP contribution >= 0.6 is 28.1 Å². The Bertz CT molecular complexity index is 398. The lowest BCUT2D eigenvalue weighted by molar-refractivity contribution is 0.289. The van der Waals surface area contributed by atoms with E-state index in [4.69, 9.17) is 23.1 Å². The van der Waals surface area contributed by atoms with E-state index in [9.17, 15) is 0 Å². The predicted molar refractivity (Wildman–Crippen MR) is 79.6 cm³/mol. The van der Waals surface area contributed by atoms with Crippen molar-refractivity contribution in [1.29, 1.82) is 0 Å². The maximum Gasteiger partial charge on any atom is 0.104 e. The molecule has 0 fully saturated rings. The topological polar surface area (TPSA) is 49.5 Å². The van der Waals surface area contributed by atoms with Crippen LogP contribution < -0.4 is 10.6 Å². The molecule has 1 rings (SSSR count). The molecule has 5 heteroatoms. The minimum Gasteiger partial charge on any atom is -0.396 e. The van der Waals surface area contributed by atoms with E-state index in [-0.39, 0.29) is 6.61 Å². The summed E-state index contributed by atoms with van der Waals surface area (Å²) in [6.45, 7) is 4.02. The molecule has 17 heavy (non-hydrogen) atoms. The molecule has 3 nitrogen and oxygen atoms in total. The van der Waals surface area contributed by atoms with E-state index in [0.717, 1.165) is 35.2 Å². The van der Waals surface area contributed by atoms with Crippen molar-refractivity contribution in [3.63, 3.8) is 0 Å². The normalized spacial score (nSPS) is 10.3. The molecule has 0 aliphatic carbocycles. The average Bonchev–Trinajstić information content (AvgIpc) is 2.31. The van der Waals surface area contributed by atoms with Crippen LogP contribution in [0.25, 0.3) is 0 Å². The van der Waals surface area contributed by atoms with Gasteiger partial charge in [0.05, 0.1) is 5.69 Å². The fourth-order valence-electron chi connectivity index (χ4n) is 1.63. The number of nitrogens with zero attached hydrogens (tertiary/aromatic N) is 1. The molecule has 0 aliphatic heterocycles. The van der Waals surface area contributed by atoms with Crippen molar-refractivity contribution in [3.8, 4) is 0 Å². The summed E-state index contributed by atoms with van der Waals surface area (Å²) in [6.07, 6.45) is 0.761. The smallest absolute Gasteiger partial charge is 0.104 e. The van der Waals surface area contributed by atoms with Crippen LogP contribution in [-0.2, 0) is 0 Å². The lowest BCUT2D eigenvalue weighted by Gasteiger charge is -2.24. The summed E-state index contributed by atoms with van der Waals surface area (Å²) in [5, 5.41) is 8.87. The van der Waals surface area contributed by atoms with Crippen LogP contribution in [-0.4, -0.2) is 29.8 Å². The minimum absolute atomic E-state index is 0.207. The van der Waals surface area contributed by atoms with Crippen LogP contribution in [0.1, 0.15) is 18.9 Å². The summed E-state index contributed by atoms with van der Waals surface area (Å²) in [4.78, 5) is 2.60. The summed E-state index contributed by atoms with van der Waals surface area (Å²) in [7, 11) is 0. The third kappa shape index (κ3) is 3.94. The Morgan fingerprint density at radius 1 is 1.53 bits per heavy atom. The molecule has 0 spiro atoms. The first-order chi connectivity index (χ1) is 8.10. The zero-order valence-electron chi connectivity index (χ0n) is 9.82. The highest BCUT2D eigenvalue weighted by atomic mass is 79.9. The number of hydrogen-bond acceptors (Lipinski definition) is 3. The van der Waals surface area contributed by atoms with Gasteiger partial charge in [0.2, 0.25) is 0 Å². The number of aliphatic hydroxyl groups excluding tert-OH is 1. The molecule has 0 unspecified atom stereocenters. The van der Waals surface area contributed by atoms with Crippen LogP contribution in [0.3, 0.4) is 0 Å². The van der Waals surface area contributed by atoms with Crippen LogP contribution in [0.5, 0.6) is 0 Å². The Morgan fingerprint density at radius 2 is 2.24 bits per heavy atom. The minimum atomic E-state index is 0.207. The van der Waals surface area contributed by atoms with Crippen molar-refractivity contribution in [2.75, 3.05) is 24.6 Å². The van der Waals surface area contributed by atoms with Gasteiger partial charge in [-0.05, 0) is 47.5 Å². The van der Waals surface area contributed by atoms with Crippen LogP contribution in [0, 0.1) is 0 Å². The molecule has 3 N–H and O–H groups in total.